The van der Waals surface area contributed by atoms with E-state index in [-0.39, 0.29) is 11.5 Å². The van der Waals surface area contributed by atoms with Crippen molar-refractivity contribution in [2.45, 2.75) is 6.54 Å². The number of hydrogen-bond acceptors (Lipinski definition) is 3. The van der Waals surface area contributed by atoms with Crippen molar-refractivity contribution in [3.8, 4) is 0 Å². The molecule has 16 heavy (non-hydrogen) atoms. The maximum absolute atomic E-state index is 13.1. The molecule has 2 aromatic rings. The Morgan fingerprint density at radius 1 is 1.44 bits per heavy atom. The minimum Gasteiger partial charge on any atom is -0.396 e. The molecule has 0 unspecified atom stereocenters. The number of para-hydroxylation sites is 1. The van der Waals surface area contributed by atoms with E-state index in [1.807, 2.05) is 19.3 Å². The van der Waals surface area contributed by atoms with Gasteiger partial charge in [0.1, 0.15) is 11.6 Å². The fourth-order valence-corrected chi connectivity index (χ4v) is 1.43. The zero-order valence-corrected chi connectivity index (χ0v) is 8.94. The number of nitrogen functional groups attached to an aromatic ring is 1. The van der Waals surface area contributed by atoms with Gasteiger partial charge in [-0.25, -0.2) is 4.39 Å². The second-order valence-electron chi connectivity index (χ2n) is 3.54. The van der Waals surface area contributed by atoms with Crippen LogP contribution in [0.25, 0.3) is 0 Å². The molecule has 0 spiro atoms. The number of rotatable bonds is 3. The van der Waals surface area contributed by atoms with E-state index in [0.717, 1.165) is 11.4 Å². The lowest BCUT2D eigenvalue weighted by Crippen LogP contribution is -2.05. The van der Waals surface area contributed by atoms with Crippen LogP contribution >= 0.6 is 0 Å². The molecule has 0 saturated carbocycles. The summed E-state index contributed by atoms with van der Waals surface area (Å²) >= 11 is 0. The van der Waals surface area contributed by atoms with Crippen LogP contribution in [-0.2, 0) is 13.6 Å². The number of nitrogens with zero attached hydrogens (tertiary/aromatic N) is 2. The monoisotopic (exact) mass is 220 g/mol. The molecule has 0 aliphatic rings. The van der Waals surface area contributed by atoms with Gasteiger partial charge < -0.3 is 11.1 Å². The molecule has 1 aromatic heterocycles. The van der Waals surface area contributed by atoms with Crippen LogP contribution in [0.2, 0.25) is 0 Å². The van der Waals surface area contributed by atoms with Crippen LogP contribution in [0, 0.1) is 5.82 Å². The van der Waals surface area contributed by atoms with E-state index in [0.29, 0.717) is 6.54 Å². The van der Waals surface area contributed by atoms with Crippen molar-refractivity contribution < 1.29 is 4.39 Å². The number of aryl methyl sites for hydroxylation is 1. The predicted octanol–water partition coefficient (Wildman–Crippen LogP) is 1.75. The van der Waals surface area contributed by atoms with Crippen LogP contribution in [0.3, 0.4) is 0 Å². The Balaban J connectivity index is 2.07. The topological polar surface area (TPSA) is 55.9 Å². The van der Waals surface area contributed by atoms with Gasteiger partial charge in [-0.15, -0.1) is 0 Å². The van der Waals surface area contributed by atoms with Crippen molar-refractivity contribution in [2.24, 2.45) is 7.05 Å². The molecule has 0 aliphatic carbocycles. The van der Waals surface area contributed by atoms with Crippen molar-refractivity contribution >= 4 is 11.5 Å². The molecule has 0 fully saturated rings. The molecule has 5 heteroatoms. The minimum absolute atomic E-state index is 0.186. The zero-order valence-electron chi connectivity index (χ0n) is 8.94. The highest BCUT2D eigenvalue weighted by Gasteiger charge is 2.04. The predicted molar refractivity (Wildman–Crippen MR) is 61.3 cm³/mol. The first-order valence-corrected chi connectivity index (χ1v) is 4.93. The van der Waals surface area contributed by atoms with E-state index in [2.05, 4.69) is 10.4 Å². The highest BCUT2D eigenvalue weighted by molar-refractivity contribution is 5.49. The van der Waals surface area contributed by atoms with Crippen LogP contribution < -0.4 is 11.1 Å². The molecular weight excluding hydrogens is 207 g/mol. The highest BCUT2D eigenvalue weighted by atomic mass is 19.1. The first-order chi connectivity index (χ1) is 7.66. The van der Waals surface area contributed by atoms with Crippen molar-refractivity contribution in [3.63, 3.8) is 0 Å². The number of aromatic nitrogens is 2. The lowest BCUT2D eigenvalue weighted by atomic mass is 10.2. The van der Waals surface area contributed by atoms with Gasteiger partial charge in [0.25, 0.3) is 0 Å². The number of halogens is 1. The summed E-state index contributed by atoms with van der Waals surface area (Å²) < 4.78 is 14.8. The summed E-state index contributed by atoms with van der Waals surface area (Å²) in [5, 5.41) is 7.22. The van der Waals surface area contributed by atoms with E-state index in [1.54, 1.807) is 16.8 Å². The van der Waals surface area contributed by atoms with E-state index < -0.39 is 0 Å². The normalized spacial score (nSPS) is 10.4. The number of hydrogen-bond donors (Lipinski definition) is 2. The maximum Gasteiger partial charge on any atom is 0.148 e. The third-order valence-corrected chi connectivity index (χ3v) is 2.32. The molecule has 1 heterocycles. The summed E-state index contributed by atoms with van der Waals surface area (Å²) in [5.41, 5.74) is 6.52. The van der Waals surface area contributed by atoms with Gasteiger partial charge in [0, 0.05) is 25.9 Å². The Hall–Kier alpha value is -2.04. The largest absolute Gasteiger partial charge is 0.396 e. The summed E-state index contributed by atoms with van der Waals surface area (Å²) in [6, 6.07) is 6.62. The Morgan fingerprint density at radius 3 is 2.94 bits per heavy atom. The molecule has 0 bridgehead atoms. The summed E-state index contributed by atoms with van der Waals surface area (Å²) in [6.07, 6.45) is 1.83. The van der Waals surface area contributed by atoms with Gasteiger partial charge in [0.15, 0.2) is 0 Å². The number of nitrogens with two attached hydrogens (primary N) is 1. The van der Waals surface area contributed by atoms with Crippen LogP contribution in [0.5, 0.6) is 0 Å². The van der Waals surface area contributed by atoms with Crippen LogP contribution in [0.4, 0.5) is 15.9 Å². The fraction of sp³-hybridized carbons (Fsp3) is 0.182. The van der Waals surface area contributed by atoms with Crippen LogP contribution in [0.15, 0.2) is 30.5 Å². The van der Waals surface area contributed by atoms with Gasteiger partial charge in [-0.2, -0.15) is 5.10 Å². The molecule has 0 amide bonds. The third-order valence-electron chi connectivity index (χ3n) is 2.32. The highest BCUT2D eigenvalue weighted by Crippen LogP contribution is 2.16. The molecule has 0 atom stereocenters. The van der Waals surface area contributed by atoms with Gasteiger partial charge in [0.2, 0.25) is 0 Å². The van der Waals surface area contributed by atoms with Crippen LogP contribution in [0.1, 0.15) is 5.56 Å². The standard InChI is InChI=1S/C11H13FN4/c1-16-6-5-10(15-16)14-7-8-3-2-4-9(12)11(8)13/h2-6H,7,13H2,1H3,(H,14,15). The maximum atomic E-state index is 13.1. The molecule has 84 valence electrons. The smallest absolute Gasteiger partial charge is 0.148 e. The van der Waals surface area contributed by atoms with Gasteiger partial charge in [-0.3, -0.25) is 4.68 Å². The Morgan fingerprint density at radius 2 is 2.25 bits per heavy atom. The molecule has 4 nitrogen and oxygen atoms in total. The van der Waals surface area contributed by atoms with Gasteiger partial charge in [-0.1, -0.05) is 12.1 Å². The molecule has 3 N–H and O–H groups in total. The fourth-order valence-electron chi connectivity index (χ4n) is 1.43. The van der Waals surface area contributed by atoms with Crippen molar-refractivity contribution in [2.75, 3.05) is 11.1 Å². The first kappa shape index (κ1) is 10.5. The van der Waals surface area contributed by atoms with E-state index in [9.17, 15) is 4.39 Å². The second kappa shape index (κ2) is 4.22. The van der Waals surface area contributed by atoms with E-state index in [4.69, 9.17) is 5.73 Å². The SMILES string of the molecule is Cn1ccc(NCc2cccc(F)c2N)n1. The average Bonchev–Trinajstić information content (AvgIpc) is 2.67. The molecular formula is C11H13FN4. The van der Waals surface area contributed by atoms with E-state index >= 15 is 0 Å². The molecule has 0 saturated heterocycles. The lowest BCUT2D eigenvalue weighted by Gasteiger charge is -2.07. The summed E-state index contributed by atoms with van der Waals surface area (Å²) in [7, 11) is 1.84. The first-order valence-electron chi connectivity index (χ1n) is 4.93. The molecule has 2 rings (SSSR count). The molecule has 0 aliphatic heterocycles. The van der Waals surface area contributed by atoms with Crippen molar-refractivity contribution in [1.29, 1.82) is 0 Å². The van der Waals surface area contributed by atoms with Crippen molar-refractivity contribution in [3.05, 3.63) is 41.8 Å². The number of benzene rings is 1. The van der Waals surface area contributed by atoms with Gasteiger partial charge >= 0.3 is 0 Å². The van der Waals surface area contributed by atoms with E-state index in [1.165, 1.54) is 6.07 Å². The Kier molecular flexibility index (Phi) is 2.76. The molecule has 1 aromatic carbocycles. The summed E-state index contributed by atoms with van der Waals surface area (Å²) in [4.78, 5) is 0. The Labute approximate surface area is 92.9 Å². The quantitative estimate of drug-likeness (QED) is 0.775. The number of anilines is 2. The summed E-state index contributed by atoms with van der Waals surface area (Å²) in [6.45, 7) is 0.459. The van der Waals surface area contributed by atoms with Gasteiger partial charge in [-0.05, 0) is 11.6 Å². The third kappa shape index (κ3) is 2.13. The summed E-state index contributed by atoms with van der Waals surface area (Å²) in [5.74, 6) is 0.353. The number of nitrogens with one attached hydrogen (secondary N) is 1. The average molecular weight is 220 g/mol. The second-order valence-corrected chi connectivity index (χ2v) is 3.54. The zero-order chi connectivity index (χ0) is 11.5. The Bertz CT molecular complexity index is 492. The lowest BCUT2D eigenvalue weighted by molar-refractivity contribution is 0.631. The minimum atomic E-state index is -0.389. The van der Waals surface area contributed by atoms with Gasteiger partial charge in [0.05, 0.1) is 5.69 Å². The van der Waals surface area contributed by atoms with Crippen LogP contribution in [-0.4, -0.2) is 9.78 Å². The molecule has 0 radical (unpaired) electrons. The van der Waals surface area contributed by atoms with Crippen molar-refractivity contribution in [1.82, 2.24) is 9.78 Å².